The largest absolute Gasteiger partial charge is 0.355 e. The SMILES string of the molecule is CN=C(NCCn1cncn1)NC1CN(C(C)C)CC1C.I. The molecule has 1 saturated heterocycles. The van der Waals surface area contributed by atoms with Gasteiger partial charge in [-0.05, 0) is 19.8 Å². The van der Waals surface area contributed by atoms with Crippen LogP contribution in [0.2, 0.25) is 0 Å². The van der Waals surface area contributed by atoms with Crippen molar-refractivity contribution < 1.29 is 0 Å². The lowest BCUT2D eigenvalue weighted by Gasteiger charge is -2.21. The normalized spacial score (nSPS) is 22.7. The Morgan fingerprint density at radius 1 is 1.41 bits per heavy atom. The number of nitrogens with one attached hydrogen (secondary N) is 2. The fourth-order valence-corrected chi connectivity index (χ4v) is 2.62. The second kappa shape index (κ2) is 9.29. The Morgan fingerprint density at radius 3 is 2.73 bits per heavy atom. The van der Waals surface area contributed by atoms with E-state index in [2.05, 4.69) is 51.4 Å². The Hall–Kier alpha value is -0.900. The second-order valence-electron chi connectivity index (χ2n) is 5.93. The third-order valence-corrected chi connectivity index (χ3v) is 4.02. The maximum absolute atomic E-state index is 4.31. The minimum Gasteiger partial charge on any atom is -0.355 e. The first-order chi connectivity index (χ1) is 10.1. The third kappa shape index (κ3) is 5.38. The van der Waals surface area contributed by atoms with E-state index in [1.165, 1.54) is 0 Å². The monoisotopic (exact) mass is 421 g/mol. The van der Waals surface area contributed by atoms with Crippen molar-refractivity contribution in [2.45, 2.75) is 39.4 Å². The Balaban J connectivity index is 0.00000242. The van der Waals surface area contributed by atoms with Gasteiger partial charge in [-0.25, -0.2) is 4.98 Å². The average Bonchev–Trinajstić information content (AvgIpc) is 3.08. The molecule has 1 aliphatic heterocycles. The zero-order chi connectivity index (χ0) is 15.2. The van der Waals surface area contributed by atoms with Gasteiger partial charge in [0.2, 0.25) is 0 Å². The quantitative estimate of drug-likeness (QED) is 0.418. The molecule has 2 N–H and O–H groups in total. The lowest BCUT2D eigenvalue weighted by atomic mass is 10.1. The number of likely N-dealkylation sites (tertiary alicyclic amines) is 1. The summed E-state index contributed by atoms with van der Waals surface area (Å²) in [5, 5.41) is 10.9. The zero-order valence-corrected chi connectivity index (χ0v) is 16.2. The molecule has 0 bridgehead atoms. The predicted octanol–water partition coefficient (Wildman–Crippen LogP) is 0.790. The molecule has 0 spiro atoms. The molecule has 2 unspecified atom stereocenters. The van der Waals surface area contributed by atoms with Gasteiger partial charge < -0.3 is 10.6 Å². The van der Waals surface area contributed by atoms with Crippen molar-refractivity contribution in [3.8, 4) is 0 Å². The predicted molar refractivity (Wildman–Crippen MR) is 99.6 cm³/mol. The second-order valence-corrected chi connectivity index (χ2v) is 5.93. The maximum atomic E-state index is 4.31. The summed E-state index contributed by atoms with van der Waals surface area (Å²) in [7, 11) is 1.81. The topological polar surface area (TPSA) is 70.4 Å². The van der Waals surface area contributed by atoms with E-state index in [9.17, 15) is 0 Å². The van der Waals surface area contributed by atoms with Gasteiger partial charge in [0.25, 0.3) is 0 Å². The van der Waals surface area contributed by atoms with Crippen LogP contribution in [0.15, 0.2) is 17.6 Å². The molecule has 0 radical (unpaired) electrons. The van der Waals surface area contributed by atoms with E-state index in [1.54, 1.807) is 17.3 Å². The first kappa shape index (κ1) is 19.1. The summed E-state index contributed by atoms with van der Waals surface area (Å²) in [5.41, 5.74) is 0. The molecule has 2 atom stereocenters. The summed E-state index contributed by atoms with van der Waals surface area (Å²) in [5.74, 6) is 1.49. The summed E-state index contributed by atoms with van der Waals surface area (Å²) in [6.45, 7) is 10.6. The molecule has 22 heavy (non-hydrogen) atoms. The zero-order valence-electron chi connectivity index (χ0n) is 13.9. The number of guanidine groups is 1. The lowest BCUT2D eigenvalue weighted by molar-refractivity contribution is 0.265. The van der Waals surface area contributed by atoms with E-state index >= 15 is 0 Å². The van der Waals surface area contributed by atoms with Gasteiger partial charge in [0.15, 0.2) is 5.96 Å². The van der Waals surface area contributed by atoms with Crippen LogP contribution in [0.5, 0.6) is 0 Å². The van der Waals surface area contributed by atoms with E-state index < -0.39 is 0 Å². The Labute approximate surface area is 150 Å². The highest BCUT2D eigenvalue weighted by atomic mass is 127. The average molecular weight is 421 g/mol. The van der Waals surface area contributed by atoms with Gasteiger partial charge in [-0.1, -0.05) is 6.92 Å². The van der Waals surface area contributed by atoms with E-state index in [0.717, 1.165) is 32.1 Å². The van der Waals surface area contributed by atoms with Crippen LogP contribution in [0.25, 0.3) is 0 Å². The fraction of sp³-hybridized carbons (Fsp3) is 0.786. The standard InChI is InChI=1S/C14H27N7.HI/c1-11(2)20-7-12(3)13(8-20)19-14(15-4)17-5-6-21-10-16-9-18-21;/h9-13H,5-8H2,1-4H3,(H2,15,17,19);1H. The third-order valence-electron chi connectivity index (χ3n) is 4.02. The highest BCUT2D eigenvalue weighted by Gasteiger charge is 2.31. The van der Waals surface area contributed by atoms with Crippen LogP contribution in [0, 0.1) is 5.92 Å². The van der Waals surface area contributed by atoms with Crippen LogP contribution in [-0.4, -0.2) is 64.4 Å². The molecule has 1 aromatic heterocycles. The Bertz CT molecular complexity index is 446. The van der Waals surface area contributed by atoms with Crippen molar-refractivity contribution in [1.82, 2.24) is 30.3 Å². The summed E-state index contributed by atoms with van der Waals surface area (Å²) >= 11 is 0. The van der Waals surface area contributed by atoms with Gasteiger partial charge in [0.1, 0.15) is 12.7 Å². The van der Waals surface area contributed by atoms with Gasteiger partial charge in [0.05, 0.1) is 6.54 Å². The van der Waals surface area contributed by atoms with E-state index in [1.807, 2.05) is 7.05 Å². The van der Waals surface area contributed by atoms with Crippen LogP contribution < -0.4 is 10.6 Å². The summed E-state index contributed by atoms with van der Waals surface area (Å²) in [6.07, 6.45) is 3.27. The lowest BCUT2D eigenvalue weighted by Crippen LogP contribution is -2.47. The molecule has 1 fully saturated rings. The number of halogens is 1. The fourth-order valence-electron chi connectivity index (χ4n) is 2.62. The molecule has 2 heterocycles. The molecule has 1 aromatic rings. The summed E-state index contributed by atoms with van der Waals surface area (Å²) < 4.78 is 1.80. The van der Waals surface area contributed by atoms with Crippen LogP contribution in [0.3, 0.4) is 0 Å². The van der Waals surface area contributed by atoms with Crippen molar-refractivity contribution in [2.24, 2.45) is 10.9 Å². The molecule has 126 valence electrons. The van der Waals surface area contributed by atoms with Gasteiger partial charge in [-0.2, -0.15) is 5.10 Å². The minimum absolute atomic E-state index is 0. The molecule has 2 rings (SSSR count). The van der Waals surface area contributed by atoms with E-state index in [4.69, 9.17) is 0 Å². The van der Waals surface area contributed by atoms with Crippen LogP contribution in [0.1, 0.15) is 20.8 Å². The highest BCUT2D eigenvalue weighted by molar-refractivity contribution is 14.0. The molecular formula is C14H28IN7. The van der Waals surface area contributed by atoms with Gasteiger partial charge in [-0.15, -0.1) is 24.0 Å². The number of hydrogen-bond acceptors (Lipinski definition) is 4. The number of rotatable bonds is 5. The first-order valence-corrected chi connectivity index (χ1v) is 7.63. The van der Waals surface area contributed by atoms with Gasteiger partial charge in [-0.3, -0.25) is 14.6 Å². The molecule has 0 amide bonds. The van der Waals surface area contributed by atoms with Crippen molar-refractivity contribution in [3.63, 3.8) is 0 Å². The number of aromatic nitrogens is 3. The van der Waals surface area contributed by atoms with Crippen LogP contribution >= 0.6 is 24.0 Å². The molecule has 0 aromatic carbocycles. The van der Waals surface area contributed by atoms with E-state index in [0.29, 0.717) is 18.0 Å². The smallest absolute Gasteiger partial charge is 0.191 e. The van der Waals surface area contributed by atoms with Crippen molar-refractivity contribution >= 4 is 29.9 Å². The minimum atomic E-state index is 0. The molecule has 7 nitrogen and oxygen atoms in total. The molecule has 0 saturated carbocycles. The Kier molecular flexibility index (Phi) is 8.08. The molecule has 8 heteroatoms. The molecular weight excluding hydrogens is 393 g/mol. The van der Waals surface area contributed by atoms with Crippen LogP contribution in [0.4, 0.5) is 0 Å². The summed E-state index contributed by atoms with van der Waals surface area (Å²) in [4.78, 5) is 10.7. The maximum Gasteiger partial charge on any atom is 0.191 e. The Morgan fingerprint density at radius 2 is 2.18 bits per heavy atom. The van der Waals surface area contributed by atoms with Crippen molar-refractivity contribution in [2.75, 3.05) is 26.7 Å². The van der Waals surface area contributed by atoms with Crippen molar-refractivity contribution in [1.29, 1.82) is 0 Å². The number of hydrogen-bond donors (Lipinski definition) is 2. The van der Waals surface area contributed by atoms with E-state index in [-0.39, 0.29) is 24.0 Å². The highest BCUT2D eigenvalue weighted by Crippen LogP contribution is 2.18. The molecule has 0 aliphatic carbocycles. The van der Waals surface area contributed by atoms with Gasteiger partial charge >= 0.3 is 0 Å². The summed E-state index contributed by atoms with van der Waals surface area (Å²) in [6, 6.07) is 1.05. The van der Waals surface area contributed by atoms with Gasteiger partial charge in [0, 0.05) is 38.8 Å². The number of nitrogens with zero attached hydrogens (tertiary/aromatic N) is 5. The molecule has 1 aliphatic rings. The van der Waals surface area contributed by atoms with Crippen LogP contribution in [-0.2, 0) is 6.54 Å². The van der Waals surface area contributed by atoms with Crippen molar-refractivity contribution in [3.05, 3.63) is 12.7 Å². The number of aliphatic imine (C=N–C) groups is 1. The first-order valence-electron chi connectivity index (χ1n) is 7.63.